The molecule has 0 saturated carbocycles. The molecule has 0 fully saturated rings. The molecule has 0 radical (unpaired) electrons. The van der Waals surface area contributed by atoms with E-state index < -0.39 is 0 Å². The average Bonchev–Trinajstić information content (AvgIpc) is 2.68. The second-order valence-corrected chi connectivity index (χ2v) is 5.94. The van der Waals surface area contributed by atoms with E-state index in [2.05, 4.69) is 31.2 Å². The van der Waals surface area contributed by atoms with Gasteiger partial charge >= 0.3 is 0 Å². The smallest absolute Gasteiger partial charge is 0.0781 e. The summed E-state index contributed by atoms with van der Waals surface area (Å²) >= 11 is 0. The van der Waals surface area contributed by atoms with Crippen LogP contribution in [0.3, 0.4) is 0 Å². The quantitative estimate of drug-likeness (QED) is 0.537. The highest BCUT2D eigenvalue weighted by Crippen LogP contribution is 2.24. The first-order valence-corrected chi connectivity index (χ1v) is 8.66. The maximum atomic E-state index is 8.35. The third kappa shape index (κ3) is 4.10. The van der Waals surface area contributed by atoms with Crippen LogP contribution in [0.5, 0.6) is 0 Å². The van der Waals surface area contributed by atoms with Crippen molar-refractivity contribution in [2.24, 2.45) is 4.99 Å². The van der Waals surface area contributed by atoms with Gasteiger partial charge in [-0.2, -0.15) is 0 Å². The fourth-order valence-electron chi connectivity index (χ4n) is 2.82. The molecule has 124 valence electrons. The van der Waals surface area contributed by atoms with E-state index in [1.54, 1.807) is 0 Å². The molecular weight excluding hydrogens is 304 g/mol. The Kier molecular flexibility index (Phi) is 5.53. The van der Waals surface area contributed by atoms with Gasteiger partial charge in [0.25, 0.3) is 0 Å². The van der Waals surface area contributed by atoms with Crippen LogP contribution in [0.4, 0.5) is 5.69 Å². The fourth-order valence-corrected chi connectivity index (χ4v) is 2.82. The third-order valence-electron chi connectivity index (χ3n) is 4.06. The Balaban J connectivity index is 2.13. The van der Waals surface area contributed by atoms with E-state index in [0.29, 0.717) is 5.71 Å². The molecule has 0 aliphatic carbocycles. The SMILES string of the molecule is CCCC(=N)c1ccccc1N=C(c1ccccc1)c1ccccc1. The number of hydrogen-bond acceptors (Lipinski definition) is 2. The molecule has 0 aliphatic rings. The lowest BCUT2D eigenvalue weighted by atomic mass is 10.0. The zero-order valence-electron chi connectivity index (χ0n) is 14.4. The molecule has 2 heteroatoms. The lowest BCUT2D eigenvalue weighted by molar-refractivity contribution is 0.986. The minimum Gasteiger partial charge on any atom is -0.305 e. The number of hydrogen-bond donors (Lipinski definition) is 1. The van der Waals surface area contributed by atoms with E-state index >= 15 is 0 Å². The number of nitrogens with zero attached hydrogens (tertiary/aromatic N) is 1. The molecule has 1 N–H and O–H groups in total. The molecule has 0 aromatic heterocycles. The highest BCUT2D eigenvalue weighted by Gasteiger charge is 2.10. The second-order valence-electron chi connectivity index (χ2n) is 5.94. The fraction of sp³-hybridized carbons (Fsp3) is 0.130. The van der Waals surface area contributed by atoms with Crippen molar-refractivity contribution >= 4 is 17.1 Å². The molecular formula is C23H22N2. The maximum absolute atomic E-state index is 8.35. The third-order valence-corrected chi connectivity index (χ3v) is 4.06. The number of nitrogens with one attached hydrogen (secondary N) is 1. The van der Waals surface area contributed by atoms with Crippen molar-refractivity contribution in [2.75, 3.05) is 0 Å². The lowest BCUT2D eigenvalue weighted by Crippen LogP contribution is -2.04. The van der Waals surface area contributed by atoms with E-state index in [0.717, 1.165) is 40.9 Å². The predicted octanol–water partition coefficient (Wildman–Crippen LogP) is 6.02. The van der Waals surface area contributed by atoms with Crippen molar-refractivity contribution in [2.45, 2.75) is 19.8 Å². The highest BCUT2D eigenvalue weighted by atomic mass is 14.8. The van der Waals surface area contributed by atoms with Gasteiger partial charge in [-0.1, -0.05) is 92.2 Å². The summed E-state index contributed by atoms with van der Waals surface area (Å²) in [6, 6.07) is 28.4. The first-order chi connectivity index (χ1) is 12.3. The molecule has 3 aromatic rings. The Morgan fingerprint density at radius 3 is 1.84 bits per heavy atom. The van der Waals surface area contributed by atoms with Crippen LogP contribution in [-0.4, -0.2) is 11.4 Å². The van der Waals surface area contributed by atoms with Crippen LogP contribution >= 0.6 is 0 Å². The summed E-state index contributed by atoms with van der Waals surface area (Å²) in [7, 11) is 0. The van der Waals surface area contributed by atoms with Crippen molar-refractivity contribution in [3.63, 3.8) is 0 Å². The van der Waals surface area contributed by atoms with Crippen molar-refractivity contribution in [1.29, 1.82) is 5.41 Å². The minimum atomic E-state index is 0.641. The first kappa shape index (κ1) is 16.8. The zero-order valence-corrected chi connectivity index (χ0v) is 14.4. The molecule has 2 nitrogen and oxygen atoms in total. The normalized spacial score (nSPS) is 10.3. The number of benzene rings is 3. The van der Waals surface area contributed by atoms with E-state index in [1.807, 2.05) is 60.7 Å². The summed E-state index contributed by atoms with van der Waals surface area (Å²) in [6.07, 6.45) is 1.72. The van der Waals surface area contributed by atoms with Gasteiger partial charge in [-0.3, -0.25) is 0 Å². The molecule has 0 aliphatic heterocycles. The Morgan fingerprint density at radius 1 is 0.760 bits per heavy atom. The van der Waals surface area contributed by atoms with Gasteiger partial charge in [0.1, 0.15) is 0 Å². The van der Waals surface area contributed by atoms with Gasteiger partial charge in [0.05, 0.1) is 11.4 Å². The maximum Gasteiger partial charge on any atom is 0.0781 e. The molecule has 0 amide bonds. The van der Waals surface area contributed by atoms with Crippen molar-refractivity contribution in [3.05, 3.63) is 102 Å². The zero-order chi connectivity index (χ0) is 17.5. The number of aliphatic imine (C=N–C) groups is 1. The van der Waals surface area contributed by atoms with Crippen LogP contribution in [0.15, 0.2) is 89.9 Å². The first-order valence-electron chi connectivity index (χ1n) is 8.66. The molecule has 0 spiro atoms. The van der Waals surface area contributed by atoms with Gasteiger partial charge in [0.15, 0.2) is 0 Å². The van der Waals surface area contributed by atoms with E-state index in [9.17, 15) is 0 Å². The summed E-state index contributed by atoms with van der Waals surface area (Å²) in [5.74, 6) is 0. The summed E-state index contributed by atoms with van der Waals surface area (Å²) < 4.78 is 0. The Bertz CT molecular complexity index is 823. The van der Waals surface area contributed by atoms with Crippen molar-refractivity contribution in [1.82, 2.24) is 0 Å². The predicted molar refractivity (Wildman–Crippen MR) is 106 cm³/mol. The van der Waals surface area contributed by atoms with Gasteiger partial charge in [0, 0.05) is 22.4 Å². The lowest BCUT2D eigenvalue weighted by Gasteiger charge is -2.11. The summed E-state index contributed by atoms with van der Waals surface area (Å²) in [4.78, 5) is 4.98. The van der Waals surface area contributed by atoms with Crippen LogP contribution in [0, 0.1) is 5.41 Å². The molecule has 0 bridgehead atoms. The molecule has 25 heavy (non-hydrogen) atoms. The Labute approximate surface area is 149 Å². The number of para-hydroxylation sites is 1. The molecule has 0 unspecified atom stereocenters. The second kappa shape index (κ2) is 8.20. The van der Waals surface area contributed by atoms with Crippen molar-refractivity contribution < 1.29 is 0 Å². The summed E-state index contributed by atoms with van der Waals surface area (Å²) in [5, 5.41) is 8.35. The topological polar surface area (TPSA) is 36.2 Å². The summed E-state index contributed by atoms with van der Waals surface area (Å²) in [5.41, 5.74) is 5.48. The Hall–Kier alpha value is -3.00. The van der Waals surface area contributed by atoms with Gasteiger partial charge in [-0.15, -0.1) is 0 Å². The molecule has 3 aromatic carbocycles. The van der Waals surface area contributed by atoms with Gasteiger partial charge in [-0.05, 0) is 12.5 Å². The highest BCUT2D eigenvalue weighted by molar-refractivity contribution is 6.15. The van der Waals surface area contributed by atoms with Crippen molar-refractivity contribution in [3.8, 4) is 0 Å². The van der Waals surface area contributed by atoms with Crippen LogP contribution in [-0.2, 0) is 0 Å². The summed E-state index contributed by atoms with van der Waals surface area (Å²) in [6.45, 7) is 2.10. The van der Waals surface area contributed by atoms with Crippen LogP contribution in [0.2, 0.25) is 0 Å². The van der Waals surface area contributed by atoms with Gasteiger partial charge in [0.2, 0.25) is 0 Å². The number of rotatable bonds is 6. The van der Waals surface area contributed by atoms with E-state index in [-0.39, 0.29) is 0 Å². The monoisotopic (exact) mass is 326 g/mol. The van der Waals surface area contributed by atoms with Gasteiger partial charge in [-0.25, -0.2) is 4.99 Å². The molecule has 0 atom stereocenters. The van der Waals surface area contributed by atoms with E-state index in [4.69, 9.17) is 10.4 Å². The van der Waals surface area contributed by atoms with Crippen LogP contribution in [0.1, 0.15) is 36.5 Å². The van der Waals surface area contributed by atoms with Crippen LogP contribution in [0.25, 0.3) is 0 Å². The van der Waals surface area contributed by atoms with Gasteiger partial charge < -0.3 is 5.41 Å². The van der Waals surface area contributed by atoms with Crippen LogP contribution < -0.4 is 0 Å². The Morgan fingerprint density at radius 2 is 1.28 bits per heavy atom. The molecule has 0 saturated heterocycles. The van der Waals surface area contributed by atoms with E-state index in [1.165, 1.54) is 0 Å². The average molecular weight is 326 g/mol. The standard InChI is InChI=1S/C23H22N2/c1-2-11-21(24)20-16-9-10-17-22(20)25-23(18-12-5-3-6-13-18)19-14-7-4-8-15-19/h3-10,12-17,24H,2,11H2,1H3. The minimum absolute atomic E-state index is 0.641. The molecule has 0 heterocycles. The largest absolute Gasteiger partial charge is 0.305 e. The molecule has 3 rings (SSSR count).